The summed E-state index contributed by atoms with van der Waals surface area (Å²) < 4.78 is 10.8. The Bertz CT molecular complexity index is 923. The summed E-state index contributed by atoms with van der Waals surface area (Å²) in [5.41, 5.74) is 1.04. The van der Waals surface area contributed by atoms with Crippen LogP contribution in [0.3, 0.4) is 0 Å². The van der Waals surface area contributed by atoms with Crippen molar-refractivity contribution >= 4 is 18.0 Å². The molecule has 2 aromatic carbocycles. The number of nitrogens with one attached hydrogen (secondary N) is 2. The highest BCUT2D eigenvalue weighted by Crippen LogP contribution is 2.12. The Morgan fingerprint density at radius 2 is 1.38 bits per heavy atom. The summed E-state index contributed by atoms with van der Waals surface area (Å²) in [6.07, 6.45) is -0.0250. The number of benzene rings is 2. The minimum absolute atomic E-state index is 0.104. The van der Waals surface area contributed by atoms with Gasteiger partial charge in [-0.2, -0.15) is 0 Å². The smallest absolute Gasteiger partial charge is 0.408 e. The van der Waals surface area contributed by atoms with Crippen LogP contribution in [0.25, 0.3) is 0 Å². The van der Waals surface area contributed by atoms with Crippen LogP contribution in [0, 0.1) is 5.92 Å². The number of hydrogen-bond acceptors (Lipinski definition) is 5. The normalized spacial score (nSPS) is 13.0. The number of amides is 2. The van der Waals surface area contributed by atoms with Gasteiger partial charge in [-0.15, -0.1) is 0 Å². The molecule has 0 heterocycles. The quantitative estimate of drug-likeness (QED) is 0.504. The van der Waals surface area contributed by atoms with Gasteiger partial charge in [-0.05, 0) is 44.2 Å². The van der Waals surface area contributed by atoms with Crippen LogP contribution in [0.1, 0.15) is 52.2 Å². The van der Waals surface area contributed by atoms with E-state index in [1.54, 1.807) is 20.8 Å². The molecular weight excluding hydrogens is 432 g/mol. The minimum atomic E-state index is -0.909. The van der Waals surface area contributed by atoms with E-state index in [-0.39, 0.29) is 18.9 Å². The Labute approximate surface area is 202 Å². The van der Waals surface area contributed by atoms with Gasteiger partial charge in [0.15, 0.2) is 0 Å². The third kappa shape index (κ3) is 10.1. The Morgan fingerprint density at radius 3 is 1.91 bits per heavy atom. The maximum absolute atomic E-state index is 13.2. The standard InChI is InChI=1S/C27H36N2O5/c1-19(2)16-22(29-26(32)34-27(3,4)5)24(30)28-23(17-20-12-8-6-9-13-20)25(31)33-18-21-14-10-7-11-15-21/h6-15,19,22-23H,16-18H2,1-5H3,(H,28,30)(H,29,32)/t22?,23-/m1/s1. The molecule has 7 heteroatoms. The van der Waals surface area contributed by atoms with Gasteiger partial charge in [-0.25, -0.2) is 9.59 Å². The molecule has 2 atom stereocenters. The van der Waals surface area contributed by atoms with Crippen molar-refractivity contribution in [2.24, 2.45) is 5.92 Å². The summed E-state index contributed by atoms with van der Waals surface area (Å²) in [6, 6.07) is 17.0. The Kier molecular flexibility index (Phi) is 10.1. The van der Waals surface area contributed by atoms with Crippen LogP contribution < -0.4 is 10.6 Å². The van der Waals surface area contributed by atoms with E-state index in [9.17, 15) is 14.4 Å². The second kappa shape index (κ2) is 12.8. The highest BCUT2D eigenvalue weighted by molar-refractivity contribution is 5.89. The van der Waals surface area contributed by atoms with Crippen LogP contribution in [0.15, 0.2) is 60.7 Å². The van der Waals surface area contributed by atoms with Crippen LogP contribution in [0.2, 0.25) is 0 Å². The molecule has 0 aliphatic rings. The molecule has 184 valence electrons. The lowest BCUT2D eigenvalue weighted by Gasteiger charge is -2.26. The number of hydrogen-bond donors (Lipinski definition) is 2. The van der Waals surface area contributed by atoms with Crippen molar-refractivity contribution in [2.45, 2.75) is 71.8 Å². The molecular formula is C27H36N2O5. The van der Waals surface area contributed by atoms with Gasteiger partial charge in [0, 0.05) is 6.42 Å². The van der Waals surface area contributed by atoms with Crippen molar-refractivity contribution < 1.29 is 23.9 Å². The fraction of sp³-hybridized carbons (Fsp3) is 0.444. The van der Waals surface area contributed by atoms with E-state index in [2.05, 4.69) is 10.6 Å². The van der Waals surface area contributed by atoms with Gasteiger partial charge in [-0.3, -0.25) is 4.79 Å². The molecule has 2 rings (SSSR count). The van der Waals surface area contributed by atoms with Gasteiger partial charge in [0.05, 0.1) is 0 Å². The van der Waals surface area contributed by atoms with Gasteiger partial charge in [0.1, 0.15) is 24.3 Å². The SMILES string of the molecule is CC(C)CC(NC(=O)OC(C)(C)C)C(=O)N[C@H](Cc1ccccc1)C(=O)OCc1ccccc1. The summed E-state index contributed by atoms with van der Waals surface area (Å²) in [6.45, 7) is 9.26. The van der Waals surface area contributed by atoms with E-state index >= 15 is 0 Å². The number of rotatable bonds is 10. The molecule has 0 saturated carbocycles. The molecule has 0 aromatic heterocycles. The highest BCUT2D eigenvalue weighted by Gasteiger charge is 2.29. The van der Waals surface area contributed by atoms with E-state index < -0.39 is 35.7 Å². The van der Waals surface area contributed by atoms with E-state index in [4.69, 9.17) is 9.47 Å². The number of esters is 1. The first-order chi connectivity index (χ1) is 16.0. The van der Waals surface area contributed by atoms with Crippen molar-refractivity contribution in [3.8, 4) is 0 Å². The van der Waals surface area contributed by atoms with Crippen molar-refractivity contribution in [1.29, 1.82) is 0 Å². The molecule has 34 heavy (non-hydrogen) atoms. The lowest BCUT2D eigenvalue weighted by atomic mass is 10.0. The van der Waals surface area contributed by atoms with Gasteiger partial charge in [-0.1, -0.05) is 74.5 Å². The fourth-order valence-corrected chi connectivity index (χ4v) is 3.30. The number of alkyl carbamates (subject to hydrolysis) is 1. The molecule has 0 spiro atoms. The lowest BCUT2D eigenvalue weighted by molar-refractivity contribution is -0.149. The second-order valence-corrected chi connectivity index (χ2v) is 9.67. The Morgan fingerprint density at radius 1 is 0.824 bits per heavy atom. The van der Waals surface area contributed by atoms with Crippen molar-refractivity contribution in [1.82, 2.24) is 10.6 Å². The summed E-state index contributed by atoms with van der Waals surface area (Å²) in [5.74, 6) is -0.873. The van der Waals surface area contributed by atoms with Gasteiger partial charge in [0.25, 0.3) is 0 Å². The Balaban J connectivity index is 2.14. The topological polar surface area (TPSA) is 93.7 Å². The third-order valence-corrected chi connectivity index (χ3v) is 4.82. The molecule has 7 nitrogen and oxygen atoms in total. The zero-order valence-corrected chi connectivity index (χ0v) is 20.7. The molecule has 0 aliphatic heterocycles. The van der Waals surface area contributed by atoms with E-state index in [0.29, 0.717) is 6.42 Å². The first-order valence-corrected chi connectivity index (χ1v) is 11.6. The average Bonchev–Trinajstić information content (AvgIpc) is 2.76. The molecule has 2 aromatic rings. The summed E-state index contributed by atoms with van der Waals surface area (Å²) >= 11 is 0. The largest absolute Gasteiger partial charge is 0.459 e. The predicted molar refractivity (Wildman–Crippen MR) is 131 cm³/mol. The second-order valence-electron chi connectivity index (χ2n) is 9.67. The monoisotopic (exact) mass is 468 g/mol. The predicted octanol–water partition coefficient (Wildman–Crippen LogP) is 4.40. The van der Waals surface area contributed by atoms with Crippen LogP contribution >= 0.6 is 0 Å². The summed E-state index contributed by atoms with van der Waals surface area (Å²) in [4.78, 5) is 38.5. The molecule has 2 N–H and O–H groups in total. The zero-order valence-electron chi connectivity index (χ0n) is 20.7. The number of carbonyl (C=O) groups is 3. The van der Waals surface area contributed by atoms with Gasteiger partial charge in [0.2, 0.25) is 5.91 Å². The zero-order chi connectivity index (χ0) is 25.1. The molecule has 0 aliphatic carbocycles. The number of ether oxygens (including phenoxy) is 2. The van der Waals surface area contributed by atoms with Crippen LogP contribution in [-0.2, 0) is 32.1 Å². The third-order valence-electron chi connectivity index (χ3n) is 4.82. The summed E-state index contributed by atoms with van der Waals surface area (Å²) in [5, 5.41) is 5.44. The van der Waals surface area contributed by atoms with Crippen molar-refractivity contribution in [3.05, 3.63) is 71.8 Å². The fourth-order valence-electron chi connectivity index (χ4n) is 3.30. The summed E-state index contributed by atoms with van der Waals surface area (Å²) in [7, 11) is 0. The van der Waals surface area contributed by atoms with Gasteiger partial charge >= 0.3 is 12.1 Å². The first kappa shape index (κ1) is 26.9. The molecule has 2 amide bonds. The van der Waals surface area contributed by atoms with Crippen molar-refractivity contribution in [3.63, 3.8) is 0 Å². The van der Waals surface area contributed by atoms with E-state index in [0.717, 1.165) is 11.1 Å². The maximum Gasteiger partial charge on any atom is 0.408 e. The molecule has 0 radical (unpaired) electrons. The van der Waals surface area contributed by atoms with Crippen LogP contribution in [0.5, 0.6) is 0 Å². The van der Waals surface area contributed by atoms with Crippen LogP contribution in [0.4, 0.5) is 4.79 Å². The molecule has 0 bridgehead atoms. The Hall–Kier alpha value is -3.35. The number of carbonyl (C=O) groups excluding carboxylic acids is 3. The average molecular weight is 469 g/mol. The van der Waals surface area contributed by atoms with E-state index in [1.165, 1.54) is 0 Å². The molecule has 1 unspecified atom stereocenters. The van der Waals surface area contributed by atoms with Gasteiger partial charge < -0.3 is 20.1 Å². The highest BCUT2D eigenvalue weighted by atomic mass is 16.6. The van der Waals surface area contributed by atoms with E-state index in [1.807, 2.05) is 74.5 Å². The molecule has 0 fully saturated rings. The maximum atomic E-state index is 13.2. The van der Waals surface area contributed by atoms with Crippen molar-refractivity contribution in [2.75, 3.05) is 0 Å². The minimum Gasteiger partial charge on any atom is -0.459 e. The first-order valence-electron chi connectivity index (χ1n) is 11.6. The lowest BCUT2D eigenvalue weighted by Crippen LogP contribution is -2.53. The van der Waals surface area contributed by atoms with Crippen LogP contribution in [-0.4, -0.2) is 35.7 Å². The molecule has 0 saturated heterocycles.